The molecular weight excluding hydrogens is 273 g/mol. The molecule has 6 heteroatoms. The van der Waals surface area contributed by atoms with Crippen molar-refractivity contribution in [3.63, 3.8) is 0 Å². The summed E-state index contributed by atoms with van der Waals surface area (Å²) in [5.74, 6) is 0. The zero-order chi connectivity index (χ0) is 14.0. The molecule has 0 spiro atoms. The van der Waals surface area contributed by atoms with Crippen molar-refractivity contribution in [2.75, 3.05) is 11.1 Å². The van der Waals surface area contributed by atoms with E-state index in [0.29, 0.717) is 12.2 Å². The summed E-state index contributed by atoms with van der Waals surface area (Å²) in [6, 6.07) is 7.78. The summed E-state index contributed by atoms with van der Waals surface area (Å²) < 4.78 is 38.1. The molecule has 2 rings (SSSR count). The molecule has 0 aliphatic carbocycles. The predicted octanol–water partition coefficient (Wildman–Crippen LogP) is 4.27. The van der Waals surface area contributed by atoms with Gasteiger partial charge in [0.15, 0.2) is 0 Å². The quantitative estimate of drug-likeness (QED) is 0.827. The fraction of sp³-hybridized carbons (Fsp3) is 0.231. The minimum Gasteiger partial charge on any atom is -0.398 e. The summed E-state index contributed by atoms with van der Waals surface area (Å²) in [5, 5.41) is 2.97. The zero-order valence-electron chi connectivity index (χ0n) is 10.2. The van der Waals surface area contributed by atoms with Crippen LogP contribution in [0.5, 0.6) is 0 Å². The largest absolute Gasteiger partial charge is 0.418 e. The molecule has 0 aliphatic rings. The van der Waals surface area contributed by atoms with Crippen molar-refractivity contribution in [2.45, 2.75) is 19.6 Å². The fourth-order valence-electron chi connectivity index (χ4n) is 1.68. The number of benzene rings is 1. The minimum atomic E-state index is -4.43. The molecule has 0 amide bonds. The Bertz CT molecular complexity index is 576. The number of thiophene rings is 1. The average Bonchev–Trinajstić information content (AvgIpc) is 2.72. The van der Waals surface area contributed by atoms with E-state index in [2.05, 4.69) is 5.32 Å². The second-order valence-electron chi connectivity index (χ2n) is 4.17. The topological polar surface area (TPSA) is 38.0 Å². The number of halogens is 3. The molecule has 1 heterocycles. The summed E-state index contributed by atoms with van der Waals surface area (Å²) in [5.41, 5.74) is 4.69. The van der Waals surface area contributed by atoms with Gasteiger partial charge in [0.1, 0.15) is 0 Å². The Morgan fingerprint density at radius 1 is 1.21 bits per heavy atom. The Hall–Kier alpha value is -1.69. The van der Waals surface area contributed by atoms with E-state index in [1.165, 1.54) is 10.9 Å². The number of nitrogens with two attached hydrogens (primary N) is 1. The molecular formula is C13H13F3N2S. The van der Waals surface area contributed by atoms with E-state index in [1.54, 1.807) is 17.4 Å². The van der Waals surface area contributed by atoms with Gasteiger partial charge >= 0.3 is 6.18 Å². The molecule has 0 aliphatic heterocycles. The third-order valence-corrected chi connectivity index (χ3v) is 3.62. The van der Waals surface area contributed by atoms with Gasteiger partial charge in [0.25, 0.3) is 0 Å². The Morgan fingerprint density at radius 3 is 2.53 bits per heavy atom. The van der Waals surface area contributed by atoms with Crippen LogP contribution in [0.1, 0.15) is 15.3 Å². The van der Waals surface area contributed by atoms with Gasteiger partial charge in [-0.2, -0.15) is 13.2 Å². The third-order valence-electron chi connectivity index (χ3n) is 2.62. The number of anilines is 2. The van der Waals surface area contributed by atoms with Crippen LogP contribution in [0.2, 0.25) is 0 Å². The minimum absolute atomic E-state index is 0.259. The Labute approximate surface area is 113 Å². The predicted molar refractivity (Wildman–Crippen MR) is 72.2 cm³/mol. The van der Waals surface area contributed by atoms with E-state index in [0.717, 1.165) is 10.9 Å². The van der Waals surface area contributed by atoms with Gasteiger partial charge in [0, 0.05) is 27.7 Å². The standard InChI is InChI=1S/C13H13F3N2S/c1-8-2-4-10(19-8)7-18-9-3-5-12(17)11(6-9)13(14,15)16/h2-6,18H,7,17H2,1H3. The van der Waals surface area contributed by atoms with Gasteiger partial charge in [0.05, 0.1) is 5.56 Å². The van der Waals surface area contributed by atoms with E-state index in [9.17, 15) is 13.2 Å². The number of hydrogen-bond donors (Lipinski definition) is 2. The Balaban J connectivity index is 2.13. The summed E-state index contributed by atoms with van der Waals surface area (Å²) >= 11 is 1.61. The lowest BCUT2D eigenvalue weighted by Gasteiger charge is -2.12. The van der Waals surface area contributed by atoms with Gasteiger partial charge < -0.3 is 11.1 Å². The molecule has 0 saturated carbocycles. The van der Waals surface area contributed by atoms with Crippen LogP contribution in [0.25, 0.3) is 0 Å². The van der Waals surface area contributed by atoms with Gasteiger partial charge in [-0.1, -0.05) is 0 Å². The first-order chi connectivity index (χ1) is 8.86. The van der Waals surface area contributed by atoms with Crippen molar-refractivity contribution in [3.05, 3.63) is 45.6 Å². The smallest absolute Gasteiger partial charge is 0.398 e. The van der Waals surface area contributed by atoms with Crippen molar-refractivity contribution in [3.8, 4) is 0 Å². The Kier molecular flexibility index (Phi) is 3.71. The number of hydrogen-bond acceptors (Lipinski definition) is 3. The molecule has 0 unspecified atom stereocenters. The summed E-state index contributed by atoms with van der Waals surface area (Å²) in [6.45, 7) is 2.48. The number of nitrogens with one attached hydrogen (secondary N) is 1. The van der Waals surface area contributed by atoms with Crippen LogP contribution >= 0.6 is 11.3 Å². The van der Waals surface area contributed by atoms with Crippen LogP contribution in [0.3, 0.4) is 0 Å². The van der Waals surface area contributed by atoms with Crippen molar-refractivity contribution in [2.24, 2.45) is 0 Å². The molecule has 1 aromatic heterocycles. The lowest BCUT2D eigenvalue weighted by atomic mass is 10.1. The first-order valence-corrected chi connectivity index (χ1v) is 6.44. The van der Waals surface area contributed by atoms with Crippen LogP contribution in [0, 0.1) is 6.92 Å². The third kappa shape index (κ3) is 3.41. The van der Waals surface area contributed by atoms with Gasteiger partial charge in [-0.15, -0.1) is 11.3 Å². The molecule has 0 saturated heterocycles. The van der Waals surface area contributed by atoms with Crippen molar-refractivity contribution >= 4 is 22.7 Å². The van der Waals surface area contributed by atoms with E-state index < -0.39 is 11.7 Å². The molecule has 0 fully saturated rings. The second-order valence-corrected chi connectivity index (χ2v) is 5.54. The summed E-state index contributed by atoms with van der Waals surface area (Å²) in [4.78, 5) is 2.24. The molecule has 3 N–H and O–H groups in total. The summed E-state index contributed by atoms with van der Waals surface area (Å²) in [6.07, 6.45) is -4.43. The SMILES string of the molecule is Cc1ccc(CNc2ccc(N)c(C(F)(F)F)c2)s1. The highest BCUT2D eigenvalue weighted by Crippen LogP contribution is 2.35. The maximum atomic E-state index is 12.7. The van der Waals surface area contributed by atoms with E-state index in [-0.39, 0.29) is 5.69 Å². The highest BCUT2D eigenvalue weighted by Gasteiger charge is 2.33. The van der Waals surface area contributed by atoms with Gasteiger partial charge in [-0.25, -0.2) is 0 Å². The molecule has 2 aromatic rings. The zero-order valence-corrected chi connectivity index (χ0v) is 11.0. The van der Waals surface area contributed by atoms with Crippen molar-refractivity contribution in [1.82, 2.24) is 0 Å². The molecule has 0 bridgehead atoms. The Morgan fingerprint density at radius 2 is 1.95 bits per heavy atom. The molecule has 0 atom stereocenters. The van der Waals surface area contributed by atoms with Crippen molar-refractivity contribution in [1.29, 1.82) is 0 Å². The number of nitrogen functional groups attached to an aromatic ring is 1. The highest BCUT2D eigenvalue weighted by molar-refractivity contribution is 7.11. The maximum Gasteiger partial charge on any atom is 0.418 e. The van der Waals surface area contributed by atoms with Crippen molar-refractivity contribution < 1.29 is 13.2 Å². The first-order valence-electron chi connectivity index (χ1n) is 5.62. The molecule has 2 nitrogen and oxygen atoms in total. The molecule has 19 heavy (non-hydrogen) atoms. The van der Waals surface area contributed by atoms with Crippen LogP contribution < -0.4 is 11.1 Å². The monoisotopic (exact) mass is 286 g/mol. The van der Waals surface area contributed by atoms with Crippen LogP contribution in [-0.4, -0.2) is 0 Å². The van der Waals surface area contributed by atoms with Gasteiger partial charge in [0.2, 0.25) is 0 Å². The summed E-state index contributed by atoms with van der Waals surface area (Å²) in [7, 11) is 0. The number of aryl methyl sites for hydroxylation is 1. The molecule has 1 aromatic carbocycles. The maximum absolute atomic E-state index is 12.7. The second kappa shape index (κ2) is 5.13. The van der Waals surface area contributed by atoms with E-state index >= 15 is 0 Å². The highest BCUT2D eigenvalue weighted by atomic mass is 32.1. The number of alkyl halides is 3. The van der Waals surface area contributed by atoms with E-state index in [1.807, 2.05) is 19.1 Å². The normalized spacial score (nSPS) is 11.6. The van der Waals surface area contributed by atoms with Crippen LogP contribution in [0.4, 0.5) is 24.5 Å². The molecule has 102 valence electrons. The molecule has 0 radical (unpaired) electrons. The lowest BCUT2D eigenvalue weighted by molar-refractivity contribution is -0.136. The first kappa shape index (κ1) is 13.7. The van der Waals surface area contributed by atoms with Gasteiger partial charge in [-0.05, 0) is 37.3 Å². The van der Waals surface area contributed by atoms with E-state index in [4.69, 9.17) is 5.73 Å². The fourth-order valence-corrected chi connectivity index (χ4v) is 2.51. The average molecular weight is 286 g/mol. The lowest BCUT2D eigenvalue weighted by Crippen LogP contribution is -2.10. The van der Waals surface area contributed by atoms with Crippen LogP contribution in [-0.2, 0) is 12.7 Å². The van der Waals surface area contributed by atoms with Gasteiger partial charge in [-0.3, -0.25) is 0 Å². The number of rotatable bonds is 3. The van der Waals surface area contributed by atoms with Crippen LogP contribution in [0.15, 0.2) is 30.3 Å².